The number of methoxy groups -OCH3 is 1. The molecule has 0 fully saturated rings. The number of nitrogens with two attached hydrogens (primary N) is 2. The summed E-state index contributed by atoms with van der Waals surface area (Å²) in [6.07, 6.45) is 2.17. The third-order valence-electron chi connectivity index (χ3n) is 1.99. The Morgan fingerprint density at radius 3 is 2.45 bits per heavy atom. The largest absolute Gasteiger partial charge is 0.382 e. The summed E-state index contributed by atoms with van der Waals surface area (Å²) in [6, 6.07) is 0. The Kier molecular flexibility index (Phi) is 4.65. The van der Waals surface area contributed by atoms with Crippen LogP contribution < -0.4 is 11.5 Å². The Morgan fingerprint density at radius 1 is 1.55 bits per heavy atom. The van der Waals surface area contributed by atoms with E-state index in [-0.39, 0.29) is 11.6 Å². The smallest absolute Gasteiger partial charge is 0.0543 e. The van der Waals surface area contributed by atoms with Crippen LogP contribution in [0.3, 0.4) is 0 Å². The molecule has 0 aromatic heterocycles. The fraction of sp³-hybridized carbons (Fsp3) is 1.00. The molecule has 3 nitrogen and oxygen atoms in total. The molecule has 0 aromatic carbocycles. The maximum atomic E-state index is 5.84. The lowest BCUT2D eigenvalue weighted by Crippen LogP contribution is -2.44. The van der Waals surface area contributed by atoms with E-state index in [9.17, 15) is 0 Å². The van der Waals surface area contributed by atoms with Gasteiger partial charge in [-0.05, 0) is 26.7 Å². The summed E-state index contributed by atoms with van der Waals surface area (Å²) in [4.78, 5) is 0. The fourth-order valence-corrected chi connectivity index (χ4v) is 0.753. The highest BCUT2D eigenvalue weighted by Crippen LogP contribution is 2.10. The van der Waals surface area contributed by atoms with Crippen LogP contribution in [-0.2, 0) is 4.74 Å². The molecule has 0 aliphatic heterocycles. The molecular formula is C8H20N2O. The highest BCUT2D eigenvalue weighted by Gasteiger charge is 2.16. The van der Waals surface area contributed by atoms with E-state index >= 15 is 0 Å². The third-order valence-corrected chi connectivity index (χ3v) is 1.99. The molecule has 68 valence electrons. The molecular weight excluding hydrogens is 140 g/mol. The van der Waals surface area contributed by atoms with Gasteiger partial charge in [-0.15, -0.1) is 0 Å². The quantitative estimate of drug-likeness (QED) is 0.615. The zero-order valence-electron chi connectivity index (χ0n) is 7.76. The standard InChI is InChI=1S/C8H20N2O/c1-7(11-3)4-5-8(2,10)6-9/h7H,4-6,9-10H2,1-3H3. The van der Waals surface area contributed by atoms with Crippen LogP contribution in [0.2, 0.25) is 0 Å². The van der Waals surface area contributed by atoms with Crippen molar-refractivity contribution < 1.29 is 4.74 Å². The van der Waals surface area contributed by atoms with E-state index in [0.29, 0.717) is 6.54 Å². The van der Waals surface area contributed by atoms with E-state index in [1.54, 1.807) is 7.11 Å². The zero-order chi connectivity index (χ0) is 8.91. The first-order valence-corrected chi connectivity index (χ1v) is 4.03. The van der Waals surface area contributed by atoms with E-state index in [1.807, 2.05) is 13.8 Å². The Labute approximate surface area is 69.1 Å². The molecule has 0 aromatic rings. The first-order chi connectivity index (χ1) is 5.02. The first kappa shape index (κ1) is 10.9. The van der Waals surface area contributed by atoms with E-state index < -0.39 is 0 Å². The van der Waals surface area contributed by atoms with Gasteiger partial charge in [-0.1, -0.05) is 0 Å². The number of hydrogen-bond acceptors (Lipinski definition) is 3. The minimum atomic E-state index is -0.229. The van der Waals surface area contributed by atoms with Crippen LogP contribution >= 0.6 is 0 Å². The van der Waals surface area contributed by atoms with Gasteiger partial charge in [0, 0.05) is 19.2 Å². The zero-order valence-corrected chi connectivity index (χ0v) is 7.76. The lowest BCUT2D eigenvalue weighted by atomic mass is 9.96. The van der Waals surface area contributed by atoms with Crippen molar-refractivity contribution in [1.29, 1.82) is 0 Å². The van der Waals surface area contributed by atoms with Crippen LogP contribution in [0.4, 0.5) is 0 Å². The molecule has 0 heterocycles. The minimum Gasteiger partial charge on any atom is -0.382 e. The topological polar surface area (TPSA) is 61.3 Å². The average molecular weight is 160 g/mol. The molecule has 0 spiro atoms. The van der Waals surface area contributed by atoms with Crippen molar-refractivity contribution in [2.75, 3.05) is 13.7 Å². The summed E-state index contributed by atoms with van der Waals surface area (Å²) < 4.78 is 5.09. The van der Waals surface area contributed by atoms with Gasteiger partial charge in [0.2, 0.25) is 0 Å². The Balaban J connectivity index is 3.52. The van der Waals surface area contributed by atoms with Crippen LogP contribution in [0.1, 0.15) is 26.7 Å². The van der Waals surface area contributed by atoms with E-state index in [1.165, 1.54) is 0 Å². The molecule has 2 atom stereocenters. The SMILES string of the molecule is COC(C)CCC(C)(N)CN. The molecule has 0 aliphatic carbocycles. The lowest BCUT2D eigenvalue weighted by Gasteiger charge is -2.23. The highest BCUT2D eigenvalue weighted by atomic mass is 16.5. The second kappa shape index (κ2) is 4.70. The number of hydrogen-bond donors (Lipinski definition) is 2. The summed E-state index contributed by atoms with van der Waals surface area (Å²) >= 11 is 0. The second-order valence-corrected chi connectivity index (χ2v) is 3.44. The van der Waals surface area contributed by atoms with E-state index in [2.05, 4.69) is 0 Å². The molecule has 0 bridgehead atoms. The molecule has 2 unspecified atom stereocenters. The second-order valence-electron chi connectivity index (χ2n) is 3.44. The minimum absolute atomic E-state index is 0.229. The third kappa shape index (κ3) is 5.18. The Hall–Kier alpha value is -0.120. The van der Waals surface area contributed by atoms with Crippen LogP contribution in [0.15, 0.2) is 0 Å². The van der Waals surface area contributed by atoms with Crippen molar-refractivity contribution in [3.05, 3.63) is 0 Å². The van der Waals surface area contributed by atoms with Gasteiger partial charge in [0.25, 0.3) is 0 Å². The average Bonchev–Trinajstić information content (AvgIpc) is 2.00. The maximum absolute atomic E-state index is 5.84. The van der Waals surface area contributed by atoms with Crippen LogP contribution in [0, 0.1) is 0 Å². The van der Waals surface area contributed by atoms with Gasteiger partial charge in [0.05, 0.1) is 6.10 Å². The molecule has 11 heavy (non-hydrogen) atoms. The van der Waals surface area contributed by atoms with E-state index in [0.717, 1.165) is 12.8 Å². The molecule has 0 saturated carbocycles. The van der Waals surface area contributed by atoms with Gasteiger partial charge in [-0.3, -0.25) is 0 Å². The van der Waals surface area contributed by atoms with Crippen LogP contribution in [0.25, 0.3) is 0 Å². The Morgan fingerprint density at radius 2 is 2.09 bits per heavy atom. The summed E-state index contributed by atoms with van der Waals surface area (Å²) in [7, 11) is 1.71. The predicted molar refractivity (Wildman–Crippen MR) is 47.4 cm³/mol. The number of rotatable bonds is 5. The van der Waals surface area contributed by atoms with Crippen molar-refractivity contribution in [2.24, 2.45) is 11.5 Å². The van der Waals surface area contributed by atoms with Crippen molar-refractivity contribution in [3.8, 4) is 0 Å². The van der Waals surface area contributed by atoms with Gasteiger partial charge in [-0.2, -0.15) is 0 Å². The number of ether oxygens (including phenoxy) is 1. The summed E-state index contributed by atoms with van der Waals surface area (Å²) in [6.45, 7) is 4.53. The molecule has 0 radical (unpaired) electrons. The van der Waals surface area contributed by atoms with Gasteiger partial charge in [0.15, 0.2) is 0 Å². The predicted octanol–water partition coefficient (Wildman–Crippen LogP) is 0.478. The van der Waals surface area contributed by atoms with Crippen molar-refractivity contribution >= 4 is 0 Å². The van der Waals surface area contributed by atoms with Crippen molar-refractivity contribution in [1.82, 2.24) is 0 Å². The molecule has 0 rings (SSSR count). The van der Waals surface area contributed by atoms with Crippen molar-refractivity contribution in [2.45, 2.75) is 38.3 Å². The molecule has 4 N–H and O–H groups in total. The van der Waals surface area contributed by atoms with Crippen LogP contribution in [-0.4, -0.2) is 25.3 Å². The molecule has 3 heteroatoms. The highest BCUT2D eigenvalue weighted by molar-refractivity contribution is 4.79. The summed E-state index contributed by atoms with van der Waals surface area (Å²) in [5.74, 6) is 0. The maximum Gasteiger partial charge on any atom is 0.0543 e. The van der Waals surface area contributed by atoms with Gasteiger partial charge in [0.1, 0.15) is 0 Å². The summed E-state index contributed by atoms with van der Waals surface area (Å²) in [5, 5.41) is 0. The molecule has 0 aliphatic rings. The van der Waals surface area contributed by atoms with Gasteiger partial charge >= 0.3 is 0 Å². The summed E-state index contributed by atoms with van der Waals surface area (Å²) in [5.41, 5.74) is 11.1. The van der Waals surface area contributed by atoms with E-state index in [4.69, 9.17) is 16.2 Å². The fourth-order valence-electron chi connectivity index (χ4n) is 0.753. The van der Waals surface area contributed by atoms with Crippen molar-refractivity contribution in [3.63, 3.8) is 0 Å². The Bertz CT molecular complexity index is 104. The van der Waals surface area contributed by atoms with Gasteiger partial charge < -0.3 is 16.2 Å². The molecule has 0 saturated heterocycles. The normalized spacial score (nSPS) is 19.4. The van der Waals surface area contributed by atoms with Crippen LogP contribution in [0.5, 0.6) is 0 Å². The monoisotopic (exact) mass is 160 g/mol. The van der Waals surface area contributed by atoms with Gasteiger partial charge in [-0.25, -0.2) is 0 Å². The molecule has 0 amide bonds. The lowest BCUT2D eigenvalue weighted by molar-refractivity contribution is 0.103. The first-order valence-electron chi connectivity index (χ1n) is 4.03.